The second kappa shape index (κ2) is 12.1. The monoisotopic (exact) mass is 520 g/mol. The zero-order chi connectivity index (χ0) is 27.4. The van der Waals surface area contributed by atoms with Crippen molar-refractivity contribution in [3.8, 4) is 5.75 Å². The maximum atomic E-state index is 9.80. The zero-order valence-electron chi connectivity index (χ0n) is 23.3. The number of fused-ring (bicyclic) bond motifs is 3. The lowest BCUT2D eigenvalue weighted by Gasteiger charge is -2.40. The summed E-state index contributed by atoms with van der Waals surface area (Å²) in [5, 5.41) is 25.1. The van der Waals surface area contributed by atoms with Gasteiger partial charge in [0.25, 0.3) is 0 Å². The van der Waals surface area contributed by atoms with E-state index < -0.39 is 0 Å². The van der Waals surface area contributed by atoms with Crippen LogP contribution in [0.25, 0.3) is 32.4 Å². The van der Waals surface area contributed by atoms with E-state index in [0.717, 1.165) is 45.5 Å². The van der Waals surface area contributed by atoms with Gasteiger partial charge in [0.05, 0.1) is 12.1 Å². The number of pyridine rings is 1. The van der Waals surface area contributed by atoms with Gasteiger partial charge in [0.1, 0.15) is 5.75 Å². The minimum Gasteiger partial charge on any atom is -0.508 e. The Hall–Kier alpha value is -3.47. The molecule has 3 atom stereocenters. The number of phenolic OH excluding ortho intramolecular Hbond substituents is 1. The first kappa shape index (κ1) is 27.1. The minimum absolute atomic E-state index is 0.0852. The molecule has 1 aromatic heterocycles. The third-order valence-electron chi connectivity index (χ3n) is 8.66. The average Bonchev–Trinajstić information content (AvgIpc) is 2.96. The van der Waals surface area contributed by atoms with Gasteiger partial charge in [-0.3, -0.25) is 4.98 Å². The summed E-state index contributed by atoms with van der Waals surface area (Å²) >= 11 is 0. The Morgan fingerprint density at radius 3 is 2.28 bits per heavy atom. The third-order valence-corrected chi connectivity index (χ3v) is 8.66. The van der Waals surface area contributed by atoms with Crippen molar-refractivity contribution in [3.05, 3.63) is 96.2 Å². The largest absolute Gasteiger partial charge is 0.508 e. The van der Waals surface area contributed by atoms with Crippen LogP contribution in [-0.4, -0.2) is 39.2 Å². The molecule has 0 bridgehead atoms. The van der Waals surface area contributed by atoms with Crippen LogP contribution in [0.4, 0.5) is 0 Å². The molecule has 6 rings (SSSR count). The fourth-order valence-electron chi connectivity index (χ4n) is 6.20. The molecule has 4 nitrogen and oxygen atoms in total. The predicted molar refractivity (Wildman–Crippen MR) is 163 cm³/mol. The fraction of sp³-hybridized carbons (Fsp3) is 0.343. The topological polar surface area (TPSA) is 56.6 Å². The second-order valence-corrected chi connectivity index (χ2v) is 11.1. The molecule has 0 amide bonds. The van der Waals surface area contributed by atoms with Crippen LogP contribution in [0.1, 0.15) is 44.7 Å². The Labute approximate surface area is 231 Å². The van der Waals surface area contributed by atoms with E-state index in [2.05, 4.69) is 67.1 Å². The van der Waals surface area contributed by atoms with Gasteiger partial charge >= 0.3 is 0 Å². The molecule has 1 saturated heterocycles. The van der Waals surface area contributed by atoms with Crippen LogP contribution in [0.2, 0.25) is 0 Å². The molecule has 1 fully saturated rings. The molecule has 0 spiro atoms. The number of likely N-dealkylation sites (tertiary alicyclic amines) is 1. The summed E-state index contributed by atoms with van der Waals surface area (Å²) in [5.41, 5.74) is 3.27. The van der Waals surface area contributed by atoms with E-state index in [4.69, 9.17) is 0 Å². The summed E-state index contributed by atoms with van der Waals surface area (Å²) in [6.45, 7) is 9.55. The van der Waals surface area contributed by atoms with E-state index in [1.54, 1.807) is 6.07 Å². The van der Waals surface area contributed by atoms with Crippen LogP contribution < -0.4 is 0 Å². The van der Waals surface area contributed by atoms with Crippen LogP contribution in [0.3, 0.4) is 0 Å². The number of aromatic hydroxyl groups is 1. The second-order valence-electron chi connectivity index (χ2n) is 11.1. The van der Waals surface area contributed by atoms with Crippen LogP contribution in [0.15, 0.2) is 85.1 Å². The summed E-state index contributed by atoms with van der Waals surface area (Å²) in [6.07, 6.45) is 5.47. The molecule has 2 N–H and O–H groups in total. The van der Waals surface area contributed by atoms with Gasteiger partial charge in [-0.2, -0.15) is 0 Å². The summed E-state index contributed by atoms with van der Waals surface area (Å²) < 4.78 is 0. The Bertz CT molecular complexity index is 1510. The van der Waals surface area contributed by atoms with Crippen molar-refractivity contribution in [2.75, 3.05) is 13.1 Å². The normalized spacial score (nSPS) is 18.7. The summed E-state index contributed by atoms with van der Waals surface area (Å²) in [5.74, 6) is 1.99. The number of hydrogen-bond donors (Lipinski definition) is 2. The van der Waals surface area contributed by atoms with E-state index in [1.165, 1.54) is 42.3 Å². The van der Waals surface area contributed by atoms with Crippen LogP contribution in [0, 0.1) is 11.8 Å². The molecule has 4 aromatic carbocycles. The number of hydrogen-bond acceptors (Lipinski definition) is 4. The van der Waals surface area contributed by atoms with E-state index >= 15 is 0 Å². The first-order valence-corrected chi connectivity index (χ1v) is 14.3. The maximum Gasteiger partial charge on any atom is 0.116 e. The van der Waals surface area contributed by atoms with Crippen molar-refractivity contribution in [2.45, 2.75) is 52.7 Å². The van der Waals surface area contributed by atoms with Gasteiger partial charge in [0, 0.05) is 24.2 Å². The number of nitrogens with zero attached hydrogens (tertiary/aromatic N) is 2. The molecule has 2 heterocycles. The molecule has 0 radical (unpaired) electrons. The van der Waals surface area contributed by atoms with Gasteiger partial charge in [0.2, 0.25) is 0 Å². The maximum absolute atomic E-state index is 9.80. The average molecular weight is 521 g/mol. The van der Waals surface area contributed by atoms with Gasteiger partial charge in [-0.25, -0.2) is 0 Å². The van der Waals surface area contributed by atoms with Gasteiger partial charge < -0.3 is 15.1 Å². The SMILES string of the molecule is CCC1CN(C(C)Cc2ccnc3ccc(O)cc23)CCC1C.OCc1c2ccccc2cc2ccccc12. The number of piperidine rings is 1. The first-order chi connectivity index (χ1) is 19.0. The smallest absolute Gasteiger partial charge is 0.116 e. The first-order valence-electron chi connectivity index (χ1n) is 14.3. The van der Waals surface area contributed by atoms with Gasteiger partial charge in [-0.1, -0.05) is 68.8 Å². The molecular weight excluding hydrogens is 480 g/mol. The number of aliphatic hydroxyl groups is 1. The van der Waals surface area contributed by atoms with Crippen LogP contribution in [0.5, 0.6) is 5.75 Å². The number of phenols is 1. The van der Waals surface area contributed by atoms with Crippen molar-refractivity contribution < 1.29 is 10.2 Å². The standard InChI is InChI=1S/C20H28N2O.C15H12O/c1-4-16-13-22(10-8-14(16)2)15(3)11-17-7-9-21-20-6-5-18(23)12-19(17)20;16-10-15-13-7-3-1-5-11(13)9-12-6-2-4-8-14(12)15/h5-7,9,12,14-16,23H,4,8,10-11,13H2,1-3H3;1-9,16H,10H2. The molecule has 1 aliphatic rings. The number of aliphatic hydroxyl groups excluding tert-OH is 1. The lowest BCUT2D eigenvalue weighted by molar-refractivity contribution is 0.0921. The Morgan fingerprint density at radius 2 is 1.62 bits per heavy atom. The van der Waals surface area contributed by atoms with Crippen LogP contribution in [-0.2, 0) is 13.0 Å². The molecule has 5 aromatic rings. The van der Waals surface area contributed by atoms with Crippen molar-refractivity contribution in [3.63, 3.8) is 0 Å². The quantitative estimate of drug-likeness (QED) is 0.233. The van der Waals surface area contributed by atoms with Crippen molar-refractivity contribution in [2.24, 2.45) is 11.8 Å². The minimum atomic E-state index is 0.0852. The third kappa shape index (κ3) is 5.93. The van der Waals surface area contributed by atoms with E-state index in [9.17, 15) is 10.2 Å². The summed E-state index contributed by atoms with van der Waals surface area (Å²) in [4.78, 5) is 7.06. The molecule has 202 valence electrons. The number of benzene rings is 4. The Kier molecular flexibility index (Phi) is 8.44. The molecule has 0 saturated carbocycles. The molecule has 39 heavy (non-hydrogen) atoms. The highest BCUT2D eigenvalue weighted by Crippen LogP contribution is 2.30. The highest BCUT2D eigenvalue weighted by Gasteiger charge is 2.27. The number of rotatable bonds is 5. The van der Waals surface area contributed by atoms with Gasteiger partial charge in [-0.05, 0) is 101 Å². The predicted octanol–water partition coefficient (Wildman–Crippen LogP) is 7.72. The molecule has 1 aliphatic heterocycles. The zero-order valence-corrected chi connectivity index (χ0v) is 23.3. The lowest BCUT2D eigenvalue weighted by Crippen LogP contribution is -2.44. The Morgan fingerprint density at radius 1 is 0.923 bits per heavy atom. The summed E-state index contributed by atoms with van der Waals surface area (Å²) in [7, 11) is 0. The molecule has 3 unspecified atom stereocenters. The summed E-state index contributed by atoms with van der Waals surface area (Å²) in [6, 6.07) is 26.6. The van der Waals surface area contributed by atoms with E-state index in [0.29, 0.717) is 11.8 Å². The van der Waals surface area contributed by atoms with Crippen LogP contribution >= 0.6 is 0 Å². The Balaban J connectivity index is 0.000000168. The van der Waals surface area contributed by atoms with Crippen molar-refractivity contribution in [1.82, 2.24) is 9.88 Å². The van der Waals surface area contributed by atoms with Gasteiger partial charge in [-0.15, -0.1) is 0 Å². The molecular formula is C35H40N2O2. The van der Waals surface area contributed by atoms with Crippen molar-refractivity contribution >= 4 is 32.4 Å². The van der Waals surface area contributed by atoms with Gasteiger partial charge in [0.15, 0.2) is 0 Å². The van der Waals surface area contributed by atoms with E-state index in [1.807, 2.05) is 42.6 Å². The molecule has 0 aliphatic carbocycles. The van der Waals surface area contributed by atoms with E-state index in [-0.39, 0.29) is 6.61 Å². The highest BCUT2D eigenvalue weighted by atomic mass is 16.3. The van der Waals surface area contributed by atoms with Crippen molar-refractivity contribution in [1.29, 1.82) is 0 Å². The lowest BCUT2D eigenvalue weighted by atomic mass is 9.84. The number of aromatic nitrogens is 1. The highest BCUT2D eigenvalue weighted by molar-refractivity contribution is 6.02. The fourth-order valence-corrected chi connectivity index (χ4v) is 6.20. The molecule has 4 heteroatoms.